The summed E-state index contributed by atoms with van der Waals surface area (Å²) in [6.07, 6.45) is 2.27. The van der Waals surface area contributed by atoms with Crippen molar-refractivity contribution in [2.75, 3.05) is 33.8 Å². The Hall–Kier alpha value is -1.33. The first-order valence-electron chi connectivity index (χ1n) is 7.69. The molecule has 1 aliphatic rings. The fourth-order valence-corrected chi connectivity index (χ4v) is 3.09. The largest absolute Gasteiger partial charge is 0.463 e. The first-order chi connectivity index (χ1) is 10.1. The average Bonchev–Trinajstić information content (AvgIpc) is 2.90. The van der Waals surface area contributed by atoms with Gasteiger partial charge in [-0.05, 0) is 45.5 Å². The lowest BCUT2D eigenvalue weighted by molar-refractivity contribution is 0.0555. The number of nitrogens with zero attached hydrogens (tertiary/aromatic N) is 2. The fourth-order valence-electron chi connectivity index (χ4n) is 3.09. The van der Waals surface area contributed by atoms with Crippen LogP contribution in [0.5, 0.6) is 0 Å². The molecule has 0 aromatic carbocycles. The van der Waals surface area contributed by atoms with Crippen molar-refractivity contribution in [3.05, 3.63) is 23.7 Å². The van der Waals surface area contributed by atoms with Gasteiger partial charge in [0.05, 0.1) is 13.2 Å². The zero-order valence-corrected chi connectivity index (χ0v) is 13.5. The molecule has 5 nitrogen and oxygen atoms in total. The van der Waals surface area contributed by atoms with Crippen molar-refractivity contribution in [3.8, 4) is 0 Å². The van der Waals surface area contributed by atoms with E-state index in [9.17, 15) is 4.79 Å². The molecule has 1 aliphatic heterocycles. The molecule has 0 radical (unpaired) electrons. The van der Waals surface area contributed by atoms with Crippen LogP contribution >= 0.6 is 0 Å². The van der Waals surface area contributed by atoms with Gasteiger partial charge in [-0.25, -0.2) is 4.79 Å². The quantitative estimate of drug-likeness (QED) is 0.799. The van der Waals surface area contributed by atoms with Gasteiger partial charge in [0.15, 0.2) is 0 Å². The summed E-state index contributed by atoms with van der Waals surface area (Å²) in [6, 6.07) is 4.26. The van der Waals surface area contributed by atoms with E-state index in [2.05, 4.69) is 30.7 Å². The van der Waals surface area contributed by atoms with Gasteiger partial charge in [-0.3, -0.25) is 4.90 Å². The second-order valence-corrected chi connectivity index (χ2v) is 5.79. The molecule has 2 atom stereocenters. The molecule has 2 heterocycles. The Morgan fingerprint density at radius 3 is 2.90 bits per heavy atom. The minimum absolute atomic E-state index is 0.167. The summed E-state index contributed by atoms with van der Waals surface area (Å²) >= 11 is 0. The molecule has 0 spiro atoms. The third kappa shape index (κ3) is 3.66. The van der Waals surface area contributed by atoms with Crippen LogP contribution in [0.15, 0.2) is 16.5 Å². The topological polar surface area (TPSA) is 45.9 Å². The normalized spacial score (nSPS) is 22.8. The van der Waals surface area contributed by atoms with E-state index in [4.69, 9.17) is 9.15 Å². The Balaban J connectivity index is 2.14. The smallest absolute Gasteiger partial charge is 0.373 e. The standard InChI is InChI=1S/C16H26N2O3/c1-5-13-11-17(3)9-6-10-18(13)12(2)14-7-8-15(21-14)16(19)20-4/h7-8,12-13H,5-6,9-11H2,1-4H3. The number of carbonyl (C=O) groups is 1. The fraction of sp³-hybridized carbons (Fsp3) is 0.688. The zero-order chi connectivity index (χ0) is 15.4. The van der Waals surface area contributed by atoms with Crippen LogP contribution in [0.3, 0.4) is 0 Å². The maximum Gasteiger partial charge on any atom is 0.373 e. The lowest BCUT2D eigenvalue weighted by Gasteiger charge is -2.34. The van der Waals surface area contributed by atoms with Gasteiger partial charge >= 0.3 is 5.97 Å². The molecule has 0 aliphatic carbocycles. The Morgan fingerprint density at radius 1 is 1.48 bits per heavy atom. The van der Waals surface area contributed by atoms with E-state index in [1.54, 1.807) is 6.07 Å². The van der Waals surface area contributed by atoms with E-state index in [0.717, 1.165) is 38.2 Å². The molecular formula is C16H26N2O3. The highest BCUT2D eigenvalue weighted by molar-refractivity contribution is 5.86. The minimum atomic E-state index is -0.420. The number of rotatable bonds is 4. The number of likely N-dealkylation sites (N-methyl/N-ethyl adjacent to an activating group) is 1. The molecule has 0 bridgehead atoms. The lowest BCUT2D eigenvalue weighted by atomic mass is 10.1. The van der Waals surface area contributed by atoms with Gasteiger partial charge in [0, 0.05) is 19.1 Å². The van der Waals surface area contributed by atoms with Gasteiger partial charge < -0.3 is 14.1 Å². The lowest BCUT2D eigenvalue weighted by Crippen LogP contribution is -2.41. The predicted octanol–water partition coefficient (Wildman–Crippen LogP) is 2.54. The molecule has 1 saturated heterocycles. The van der Waals surface area contributed by atoms with Gasteiger partial charge in [-0.1, -0.05) is 6.92 Å². The highest BCUT2D eigenvalue weighted by Gasteiger charge is 2.28. The summed E-state index contributed by atoms with van der Waals surface area (Å²) in [6.45, 7) is 7.63. The maximum atomic E-state index is 11.5. The second-order valence-electron chi connectivity index (χ2n) is 5.79. The van der Waals surface area contributed by atoms with Crippen molar-refractivity contribution >= 4 is 5.97 Å². The number of furan rings is 1. The number of hydrogen-bond donors (Lipinski definition) is 0. The van der Waals surface area contributed by atoms with Crippen LogP contribution in [0.1, 0.15) is 49.0 Å². The highest BCUT2D eigenvalue weighted by Crippen LogP contribution is 2.27. The third-order valence-corrected chi connectivity index (χ3v) is 4.34. The predicted molar refractivity (Wildman–Crippen MR) is 81.4 cm³/mol. The number of hydrogen-bond acceptors (Lipinski definition) is 5. The van der Waals surface area contributed by atoms with Crippen LogP contribution in [0.4, 0.5) is 0 Å². The van der Waals surface area contributed by atoms with Crippen molar-refractivity contribution in [2.45, 2.75) is 38.8 Å². The second kappa shape index (κ2) is 7.09. The Morgan fingerprint density at radius 2 is 2.24 bits per heavy atom. The summed E-state index contributed by atoms with van der Waals surface area (Å²) < 4.78 is 10.4. The molecule has 0 N–H and O–H groups in total. The highest BCUT2D eigenvalue weighted by atomic mass is 16.5. The van der Waals surface area contributed by atoms with Crippen LogP contribution < -0.4 is 0 Å². The van der Waals surface area contributed by atoms with E-state index < -0.39 is 5.97 Å². The minimum Gasteiger partial charge on any atom is -0.463 e. The summed E-state index contributed by atoms with van der Waals surface area (Å²) in [7, 11) is 3.55. The molecule has 2 rings (SSSR count). The molecule has 1 aromatic heterocycles. The number of carbonyl (C=O) groups excluding carboxylic acids is 1. The molecule has 1 fully saturated rings. The Bertz CT molecular complexity index is 472. The van der Waals surface area contributed by atoms with Crippen LogP contribution in [-0.4, -0.2) is 55.6 Å². The number of esters is 1. The first kappa shape index (κ1) is 16.0. The van der Waals surface area contributed by atoms with E-state index in [-0.39, 0.29) is 11.8 Å². The molecule has 0 saturated carbocycles. The summed E-state index contributed by atoms with van der Waals surface area (Å²) in [5.41, 5.74) is 0. The molecule has 5 heteroatoms. The molecule has 0 amide bonds. The number of ether oxygens (including phenoxy) is 1. The SMILES string of the molecule is CCC1CN(C)CCCN1C(C)c1ccc(C(=O)OC)o1. The van der Waals surface area contributed by atoms with Crippen molar-refractivity contribution in [2.24, 2.45) is 0 Å². The maximum absolute atomic E-state index is 11.5. The van der Waals surface area contributed by atoms with E-state index in [1.165, 1.54) is 7.11 Å². The monoisotopic (exact) mass is 294 g/mol. The third-order valence-electron chi connectivity index (χ3n) is 4.34. The van der Waals surface area contributed by atoms with Crippen LogP contribution in [0, 0.1) is 0 Å². The molecule has 2 unspecified atom stereocenters. The average molecular weight is 294 g/mol. The summed E-state index contributed by atoms with van der Waals surface area (Å²) in [5.74, 6) is 0.689. The van der Waals surface area contributed by atoms with E-state index >= 15 is 0 Å². The molecule has 118 valence electrons. The summed E-state index contributed by atoms with van der Waals surface area (Å²) in [5, 5.41) is 0. The van der Waals surface area contributed by atoms with Crippen LogP contribution in [0.2, 0.25) is 0 Å². The van der Waals surface area contributed by atoms with E-state index in [0.29, 0.717) is 6.04 Å². The number of methoxy groups -OCH3 is 1. The zero-order valence-electron chi connectivity index (χ0n) is 13.5. The first-order valence-corrected chi connectivity index (χ1v) is 7.69. The summed E-state index contributed by atoms with van der Waals surface area (Å²) in [4.78, 5) is 16.4. The van der Waals surface area contributed by atoms with Crippen LogP contribution in [0.25, 0.3) is 0 Å². The van der Waals surface area contributed by atoms with E-state index in [1.807, 2.05) is 6.07 Å². The van der Waals surface area contributed by atoms with Crippen molar-refractivity contribution in [3.63, 3.8) is 0 Å². The van der Waals surface area contributed by atoms with Crippen LogP contribution in [-0.2, 0) is 4.74 Å². The van der Waals surface area contributed by atoms with Gasteiger partial charge in [-0.2, -0.15) is 0 Å². The van der Waals surface area contributed by atoms with Crippen molar-refractivity contribution < 1.29 is 13.9 Å². The Kier molecular flexibility index (Phi) is 5.42. The van der Waals surface area contributed by atoms with Gasteiger partial charge in [-0.15, -0.1) is 0 Å². The Labute approximate surface area is 126 Å². The van der Waals surface area contributed by atoms with Gasteiger partial charge in [0.25, 0.3) is 0 Å². The van der Waals surface area contributed by atoms with Gasteiger partial charge in [0.2, 0.25) is 5.76 Å². The van der Waals surface area contributed by atoms with Gasteiger partial charge in [0.1, 0.15) is 5.76 Å². The molecule has 1 aromatic rings. The molecular weight excluding hydrogens is 268 g/mol. The van der Waals surface area contributed by atoms with Crippen molar-refractivity contribution in [1.29, 1.82) is 0 Å². The molecule has 21 heavy (non-hydrogen) atoms. The van der Waals surface area contributed by atoms with Crippen molar-refractivity contribution in [1.82, 2.24) is 9.80 Å².